The number of likely N-dealkylation sites (tertiary alicyclic amines) is 1. The minimum Gasteiger partial charge on any atom is -0.470 e. The van der Waals surface area contributed by atoms with Crippen molar-refractivity contribution < 1.29 is 14.3 Å². The molecular formula is C17H18N4O3. The third kappa shape index (κ3) is 2.82. The Morgan fingerprint density at radius 3 is 3.00 bits per heavy atom. The number of fused-ring (bicyclic) bond motifs is 1. The van der Waals surface area contributed by atoms with Gasteiger partial charge in [0, 0.05) is 18.9 Å². The third-order valence-corrected chi connectivity index (χ3v) is 4.48. The standard InChI is InChI=1S/C17H18N4O3/c22-17(12-6-8-19-20-10-12)21-11-14(16-13(21)4-3-9-23-16)24-15-5-1-2-7-18-15/h1-2,5-8,10,13-14,16H,3-4,9,11H2/t13-,14+,16+/m1/s1. The smallest absolute Gasteiger partial charge is 0.256 e. The van der Waals surface area contributed by atoms with Gasteiger partial charge in [0.05, 0.1) is 30.5 Å². The average Bonchev–Trinajstić information content (AvgIpc) is 3.01. The summed E-state index contributed by atoms with van der Waals surface area (Å²) in [6.07, 6.45) is 6.22. The predicted molar refractivity (Wildman–Crippen MR) is 84.5 cm³/mol. The summed E-state index contributed by atoms with van der Waals surface area (Å²) >= 11 is 0. The Hall–Kier alpha value is -2.54. The molecule has 2 aromatic rings. The van der Waals surface area contributed by atoms with Crippen molar-refractivity contribution in [2.45, 2.75) is 31.1 Å². The highest BCUT2D eigenvalue weighted by atomic mass is 16.5. The molecule has 24 heavy (non-hydrogen) atoms. The molecular weight excluding hydrogens is 308 g/mol. The van der Waals surface area contributed by atoms with Crippen molar-refractivity contribution in [3.05, 3.63) is 48.4 Å². The highest BCUT2D eigenvalue weighted by Gasteiger charge is 2.47. The molecule has 0 bridgehead atoms. The Morgan fingerprint density at radius 1 is 1.25 bits per heavy atom. The van der Waals surface area contributed by atoms with Gasteiger partial charge in [-0.05, 0) is 25.0 Å². The van der Waals surface area contributed by atoms with Gasteiger partial charge in [0.25, 0.3) is 5.91 Å². The molecule has 124 valence electrons. The summed E-state index contributed by atoms with van der Waals surface area (Å²) < 4.78 is 11.9. The number of pyridine rings is 1. The maximum Gasteiger partial charge on any atom is 0.256 e. The number of nitrogens with zero attached hydrogens (tertiary/aromatic N) is 4. The first-order chi connectivity index (χ1) is 11.8. The molecule has 2 fully saturated rings. The fourth-order valence-electron chi connectivity index (χ4n) is 3.40. The first kappa shape index (κ1) is 15.0. The van der Waals surface area contributed by atoms with Crippen molar-refractivity contribution in [1.82, 2.24) is 20.1 Å². The summed E-state index contributed by atoms with van der Waals surface area (Å²) in [7, 11) is 0. The lowest BCUT2D eigenvalue weighted by Crippen LogP contribution is -2.44. The van der Waals surface area contributed by atoms with Crippen LogP contribution < -0.4 is 4.74 Å². The topological polar surface area (TPSA) is 77.4 Å². The number of rotatable bonds is 3. The molecule has 0 aromatic carbocycles. The van der Waals surface area contributed by atoms with Gasteiger partial charge in [-0.15, -0.1) is 0 Å². The van der Waals surface area contributed by atoms with Crippen LogP contribution in [0.25, 0.3) is 0 Å². The van der Waals surface area contributed by atoms with E-state index < -0.39 is 0 Å². The average molecular weight is 326 g/mol. The molecule has 7 heteroatoms. The van der Waals surface area contributed by atoms with Gasteiger partial charge in [-0.3, -0.25) is 4.79 Å². The first-order valence-electron chi connectivity index (χ1n) is 8.10. The molecule has 2 aliphatic heterocycles. The maximum absolute atomic E-state index is 12.8. The molecule has 2 aromatic heterocycles. The van der Waals surface area contributed by atoms with Gasteiger partial charge in [0.15, 0.2) is 0 Å². The van der Waals surface area contributed by atoms with Crippen LogP contribution in [0.4, 0.5) is 0 Å². The Bertz CT molecular complexity index is 697. The summed E-state index contributed by atoms with van der Waals surface area (Å²) in [6.45, 7) is 1.18. The second-order valence-corrected chi connectivity index (χ2v) is 5.96. The second kappa shape index (κ2) is 6.52. The van der Waals surface area contributed by atoms with Crippen molar-refractivity contribution in [3.63, 3.8) is 0 Å². The van der Waals surface area contributed by atoms with Crippen LogP contribution >= 0.6 is 0 Å². The summed E-state index contributed by atoms with van der Waals surface area (Å²) in [5, 5.41) is 7.53. The summed E-state index contributed by atoms with van der Waals surface area (Å²) in [6, 6.07) is 7.24. The number of carbonyl (C=O) groups is 1. The van der Waals surface area contributed by atoms with Gasteiger partial charge < -0.3 is 14.4 Å². The van der Waals surface area contributed by atoms with E-state index in [0.29, 0.717) is 24.6 Å². The Morgan fingerprint density at radius 2 is 2.21 bits per heavy atom. The summed E-state index contributed by atoms with van der Waals surface area (Å²) in [4.78, 5) is 18.9. The Labute approximate surface area is 139 Å². The molecule has 3 atom stereocenters. The van der Waals surface area contributed by atoms with Gasteiger partial charge >= 0.3 is 0 Å². The molecule has 1 amide bonds. The molecule has 4 heterocycles. The van der Waals surface area contributed by atoms with E-state index in [0.717, 1.165) is 12.8 Å². The zero-order chi connectivity index (χ0) is 16.4. The number of ether oxygens (including phenoxy) is 2. The Balaban J connectivity index is 1.56. The molecule has 2 saturated heterocycles. The van der Waals surface area contributed by atoms with E-state index >= 15 is 0 Å². The monoisotopic (exact) mass is 326 g/mol. The van der Waals surface area contributed by atoms with Crippen molar-refractivity contribution in [2.24, 2.45) is 0 Å². The van der Waals surface area contributed by atoms with Crippen LogP contribution in [0.15, 0.2) is 42.9 Å². The number of amides is 1. The second-order valence-electron chi connectivity index (χ2n) is 5.96. The number of hydrogen-bond donors (Lipinski definition) is 0. The van der Waals surface area contributed by atoms with Gasteiger partial charge in [0.2, 0.25) is 5.88 Å². The third-order valence-electron chi connectivity index (χ3n) is 4.48. The molecule has 0 aliphatic carbocycles. The lowest BCUT2D eigenvalue weighted by Gasteiger charge is -2.31. The zero-order valence-electron chi connectivity index (χ0n) is 13.1. The van der Waals surface area contributed by atoms with Crippen molar-refractivity contribution in [3.8, 4) is 5.88 Å². The quantitative estimate of drug-likeness (QED) is 0.847. The van der Waals surface area contributed by atoms with E-state index in [1.165, 1.54) is 12.4 Å². The van der Waals surface area contributed by atoms with Crippen LogP contribution in [-0.4, -0.2) is 57.4 Å². The molecule has 2 aliphatic rings. The van der Waals surface area contributed by atoms with E-state index in [4.69, 9.17) is 9.47 Å². The Kier molecular flexibility index (Phi) is 4.08. The van der Waals surface area contributed by atoms with Gasteiger partial charge in [-0.1, -0.05) is 6.07 Å². The summed E-state index contributed by atoms with van der Waals surface area (Å²) in [5.41, 5.74) is 0.535. The van der Waals surface area contributed by atoms with Crippen LogP contribution in [0.3, 0.4) is 0 Å². The molecule has 4 rings (SSSR count). The van der Waals surface area contributed by atoms with E-state index in [2.05, 4.69) is 15.2 Å². The molecule has 0 spiro atoms. The predicted octanol–water partition coefficient (Wildman–Crippen LogP) is 1.32. The fourth-order valence-corrected chi connectivity index (χ4v) is 3.40. The van der Waals surface area contributed by atoms with Crippen molar-refractivity contribution in [1.29, 1.82) is 0 Å². The van der Waals surface area contributed by atoms with E-state index in [1.807, 2.05) is 23.1 Å². The molecule has 7 nitrogen and oxygen atoms in total. The van der Waals surface area contributed by atoms with Crippen LogP contribution in [0.1, 0.15) is 23.2 Å². The fraction of sp³-hybridized carbons (Fsp3) is 0.412. The lowest BCUT2D eigenvalue weighted by molar-refractivity contribution is -0.0455. The molecule has 0 radical (unpaired) electrons. The van der Waals surface area contributed by atoms with Crippen molar-refractivity contribution in [2.75, 3.05) is 13.2 Å². The SMILES string of the molecule is O=C(c1ccnnc1)N1C[C@H](Oc2ccccn2)[C@H]2OCCC[C@H]21. The van der Waals surface area contributed by atoms with E-state index in [1.54, 1.807) is 12.3 Å². The number of carbonyl (C=O) groups excluding carboxylic acids is 1. The van der Waals surface area contributed by atoms with E-state index in [9.17, 15) is 4.79 Å². The van der Waals surface area contributed by atoms with Crippen LogP contribution in [0.2, 0.25) is 0 Å². The number of hydrogen-bond acceptors (Lipinski definition) is 6. The minimum absolute atomic E-state index is 0.0214. The van der Waals surface area contributed by atoms with Crippen LogP contribution in [0, 0.1) is 0 Å². The molecule has 0 unspecified atom stereocenters. The van der Waals surface area contributed by atoms with Crippen LogP contribution in [-0.2, 0) is 4.74 Å². The van der Waals surface area contributed by atoms with Gasteiger partial charge in [-0.2, -0.15) is 10.2 Å². The van der Waals surface area contributed by atoms with Crippen LogP contribution in [0.5, 0.6) is 5.88 Å². The molecule has 0 saturated carbocycles. The maximum atomic E-state index is 12.8. The highest BCUT2D eigenvalue weighted by Crippen LogP contribution is 2.32. The summed E-state index contributed by atoms with van der Waals surface area (Å²) in [5.74, 6) is 0.493. The molecule has 0 N–H and O–H groups in total. The van der Waals surface area contributed by atoms with Gasteiger partial charge in [-0.25, -0.2) is 4.98 Å². The zero-order valence-corrected chi connectivity index (χ0v) is 13.1. The first-order valence-corrected chi connectivity index (χ1v) is 8.10. The normalized spacial score (nSPS) is 26.0. The lowest BCUT2D eigenvalue weighted by atomic mass is 10.0. The van der Waals surface area contributed by atoms with Gasteiger partial charge in [0.1, 0.15) is 12.2 Å². The minimum atomic E-state index is -0.219. The van der Waals surface area contributed by atoms with Crippen molar-refractivity contribution >= 4 is 5.91 Å². The largest absolute Gasteiger partial charge is 0.470 e. The highest BCUT2D eigenvalue weighted by molar-refractivity contribution is 5.94. The van der Waals surface area contributed by atoms with E-state index in [-0.39, 0.29) is 24.2 Å². The number of aromatic nitrogens is 3.